The maximum Gasteiger partial charge on any atom is 2.00 e. The summed E-state index contributed by atoms with van der Waals surface area (Å²) in [5.74, 6) is 0. The topological polar surface area (TPSA) is 24.4 Å². The van der Waals surface area contributed by atoms with Crippen LogP contribution < -0.4 is 22.3 Å². The second-order valence-corrected chi connectivity index (χ2v) is 11.0. The number of hydrogen-bond donors (Lipinski definition) is 1. The minimum Gasteiger partial charge on any atom is -1.00 e. The fourth-order valence-corrected chi connectivity index (χ4v) is 5.75. The van der Waals surface area contributed by atoms with Gasteiger partial charge < -0.3 is 33.6 Å². The first-order valence-electron chi connectivity index (χ1n) is 11.3. The molecular weight excluding hydrogens is 621 g/mol. The Kier molecular flexibility index (Phi) is 16.2. The van der Waals surface area contributed by atoms with E-state index >= 15 is 0 Å². The fourth-order valence-electron chi connectivity index (χ4n) is 3.11. The van der Waals surface area contributed by atoms with E-state index in [2.05, 4.69) is 81.0 Å². The van der Waals surface area contributed by atoms with E-state index in [4.69, 9.17) is 0 Å². The number of anilines is 1. The van der Waals surface area contributed by atoms with Crippen LogP contribution >= 0.6 is 45.3 Å². The smallest absolute Gasteiger partial charge is 1.00 e. The predicted molar refractivity (Wildman–Crippen MR) is 167 cm³/mol. The molecule has 0 spiro atoms. The first-order chi connectivity index (χ1) is 17.9. The first-order valence-corrected chi connectivity index (χ1v) is 14.8. The quantitative estimate of drug-likeness (QED) is 0.122. The van der Waals surface area contributed by atoms with Crippen LogP contribution in [0.25, 0.3) is 0 Å². The average molecular weight is 646 g/mol. The fraction of sp³-hybridized carbons (Fsp3) is 0.0333. The number of thiophene rings is 4. The van der Waals surface area contributed by atoms with Crippen molar-refractivity contribution in [2.75, 3.05) is 5.32 Å². The van der Waals surface area contributed by atoms with Gasteiger partial charge in [-0.2, -0.15) is 11.4 Å². The molecule has 4 heterocycles. The van der Waals surface area contributed by atoms with Crippen LogP contribution in [0.4, 0.5) is 11.4 Å². The Morgan fingerprint density at radius 2 is 1.26 bits per heavy atom. The number of rotatable bonds is 6. The molecule has 8 heteroatoms. The van der Waals surface area contributed by atoms with E-state index in [1.54, 1.807) is 45.3 Å². The van der Waals surface area contributed by atoms with Gasteiger partial charge in [-0.15, -0.1) is 39.4 Å². The SMILES string of the molecule is C(=Nc1ccccc1)c1cccs1.[Br-].[Mg+2].[c-]1cccs1.c1ccc(NC(c2cccs2)c2cccs2)cc1. The molecule has 0 unspecified atom stereocenters. The van der Waals surface area contributed by atoms with E-state index in [-0.39, 0.29) is 46.1 Å². The Bertz CT molecular complexity index is 1290. The van der Waals surface area contributed by atoms with Gasteiger partial charge in [0.05, 0.1) is 11.7 Å². The Hall–Kier alpha value is -2.04. The molecule has 6 aromatic rings. The van der Waals surface area contributed by atoms with Crippen LogP contribution in [0.1, 0.15) is 20.7 Å². The van der Waals surface area contributed by atoms with E-state index in [0.29, 0.717) is 0 Å². The molecule has 0 aliphatic carbocycles. The Morgan fingerprint density at radius 1 is 0.658 bits per heavy atom. The molecule has 38 heavy (non-hydrogen) atoms. The molecule has 0 aliphatic rings. The summed E-state index contributed by atoms with van der Waals surface area (Å²) >= 11 is 6.87. The third-order valence-corrected chi connectivity index (χ3v) is 8.01. The van der Waals surface area contributed by atoms with Gasteiger partial charge in [0.1, 0.15) is 0 Å². The van der Waals surface area contributed by atoms with Gasteiger partial charge in [0, 0.05) is 26.5 Å². The summed E-state index contributed by atoms with van der Waals surface area (Å²) in [7, 11) is 0. The van der Waals surface area contributed by atoms with Gasteiger partial charge >= 0.3 is 23.1 Å². The number of halogens is 1. The molecule has 0 radical (unpaired) electrons. The minimum atomic E-state index is 0. The van der Waals surface area contributed by atoms with Crippen molar-refractivity contribution in [2.45, 2.75) is 6.04 Å². The zero-order valence-electron chi connectivity index (χ0n) is 20.5. The Balaban J connectivity index is 0.000000222. The van der Waals surface area contributed by atoms with E-state index in [1.807, 2.05) is 71.6 Å². The van der Waals surface area contributed by atoms with Gasteiger partial charge in [-0.1, -0.05) is 54.6 Å². The minimum absolute atomic E-state index is 0. The molecule has 2 nitrogen and oxygen atoms in total. The van der Waals surface area contributed by atoms with Gasteiger partial charge in [0.15, 0.2) is 0 Å². The van der Waals surface area contributed by atoms with E-state index in [9.17, 15) is 0 Å². The maximum absolute atomic E-state index is 4.33. The number of aliphatic imine (C=N–C) groups is 1. The Labute approximate surface area is 267 Å². The molecule has 0 bridgehead atoms. The van der Waals surface area contributed by atoms with Crippen LogP contribution in [0.2, 0.25) is 0 Å². The molecule has 1 N–H and O–H groups in total. The zero-order valence-corrected chi connectivity index (χ0v) is 26.8. The zero-order chi connectivity index (χ0) is 24.7. The summed E-state index contributed by atoms with van der Waals surface area (Å²) < 4.78 is 0. The van der Waals surface area contributed by atoms with Crippen molar-refractivity contribution in [1.82, 2.24) is 0 Å². The standard InChI is InChI=1S/C15H13NS2.C11H9NS.C4H3S.BrH.Mg/c1-2-6-12(7-3-1)16-15(13-8-4-10-17-13)14-9-5-11-18-14;1-2-5-10(6-3-1)12-9-11-7-4-8-13-11;1-2-4-5-3-1;;/h1-11,15-16H;1-9H;1-3H;1H;/q;;-1;;+2/p-1. The van der Waals surface area contributed by atoms with Gasteiger partial charge in [0.2, 0.25) is 0 Å². The van der Waals surface area contributed by atoms with Crippen LogP contribution in [0.5, 0.6) is 0 Å². The van der Waals surface area contributed by atoms with Gasteiger partial charge in [-0.05, 0) is 58.6 Å². The van der Waals surface area contributed by atoms with Gasteiger partial charge in [0.25, 0.3) is 0 Å². The van der Waals surface area contributed by atoms with E-state index in [0.717, 1.165) is 11.4 Å². The van der Waals surface area contributed by atoms with Crippen LogP contribution in [0.3, 0.4) is 0 Å². The van der Waals surface area contributed by atoms with Crippen molar-refractivity contribution >= 4 is 86.0 Å². The molecule has 6 rings (SSSR count). The third kappa shape index (κ3) is 11.4. The maximum atomic E-state index is 4.33. The number of hydrogen-bond acceptors (Lipinski definition) is 6. The van der Waals surface area contributed by atoms with Crippen LogP contribution in [0.15, 0.2) is 136 Å². The second kappa shape index (κ2) is 19.1. The first kappa shape index (κ1) is 32.2. The van der Waals surface area contributed by atoms with E-state index < -0.39 is 0 Å². The van der Waals surface area contributed by atoms with Crippen molar-refractivity contribution in [2.24, 2.45) is 4.99 Å². The summed E-state index contributed by atoms with van der Waals surface area (Å²) in [5.41, 5.74) is 2.15. The summed E-state index contributed by atoms with van der Waals surface area (Å²) in [6, 6.07) is 37.1. The molecule has 0 saturated heterocycles. The number of nitrogens with zero attached hydrogens (tertiary/aromatic N) is 1. The summed E-state index contributed by atoms with van der Waals surface area (Å²) in [6.45, 7) is 0. The molecule has 2 aromatic carbocycles. The summed E-state index contributed by atoms with van der Waals surface area (Å²) in [6.07, 6.45) is 1.89. The molecule has 0 fully saturated rings. The number of nitrogens with one attached hydrogen (secondary N) is 1. The predicted octanol–water partition coefficient (Wildman–Crippen LogP) is 6.68. The molecule has 0 aliphatic heterocycles. The number of benzene rings is 2. The second-order valence-electron chi connectivity index (χ2n) is 7.31. The largest absolute Gasteiger partial charge is 2.00 e. The van der Waals surface area contributed by atoms with Gasteiger partial charge in [-0.25, -0.2) is 6.07 Å². The van der Waals surface area contributed by atoms with Crippen LogP contribution in [-0.4, -0.2) is 29.3 Å². The van der Waals surface area contributed by atoms with Crippen molar-refractivity contribution in [3.63, 3.8) is 0 Å². The van der Waals surface area contributed by atoms with Crippen molar-refractivity contribution in [1.29, 1.82) is 0 Å². The molecule has 0 atom stereocenters. The van der Waals surface area contributed by atoms with Gasteiger partial charge in [-0.3, -0.25) is 4.99 Å². The normalized spacial score (nSPS) is 9.82. The number of para-hydroxylation sites is 2. The summed E-state index contributed by atoms with van der Waals surface area (Å²) in [5, 5.41) is 14.8. The monoisotopic (exact) mass is 644 g/mol. The third-order valence-electron chi connectivity index (χ3n) is 4.76. The van der Waals surface area contributed by atoms with Crippen LogP contribution in [0, 0.1) is 5.38 Å². The van der Waals surface area contributed by atoms with Crippen molar-refractivity contribution in [3.8, 4) is 0 Å². The Morgan fingerprint density at radius 3 is 1.74 bits per heavy atom. The molecule has 0 amide bonds. The van der Waals surface area contributed by atoms with Crippen molar-refractivity contribution < 1.29 is 17.0 Å². The van der Waals surface area contributed by atoms with E-state index in [1.165, 1.54) is 14.6 Å². The summed E-state index contributed by atoms with van der Waals surface area (Å²) in [4.78, 5) is 8.22. The molecule has 188 valence electrons. The molecular formula is C30H25BrMgN2S4. The van der Waals surface area contributed by atoms with Crippen molar-refractivity contribution in [3.05, 3.63) is 151 Å². The average Bonchev–Trinajstić information content (AvgIpc) is 3.76. The molecule has 0 saturated carbocycles. The van der Waals surface area contributed by atoms with Crippen LogP contribution in [-0.2, 0) is 0 Å². The molecule has 4 aromatic heterocycles.